The van der Waals surface area contributed by atoms with Gasteiger partial charge in [-0.2, -0.15) is 0 Å². The molecule has 0 radical (unpaired) electrons. The summed E-state index contributed by atoms with van der Waals surface area (Å²) < 4.78 is 0. The summed E-state index contributed by atoms with van der Waals surface area (Å²) >= 11 is 0. The Balaban J connectivity index is 1.59. The number of ketones is 1. The van der Waals surface area contributed by atoms with Crippen molar-refractivity contribution in [2.24, 2.45) is 0 Å². The fourth-order valence-corrected chi connectivity index (χ4v) is 5.61. The summed E-state index contributed by atoms with van der Waals surface area (Å²) in [6.45, 7) is 4.51. The van der Waals surface area contributed by atoms with E-state index < -0.39 is 22.7 Å². The highest BCUT2D eigenvalue weighted by Gasteiger charge is 2.46. The summed E-state index contributed by atoms with van der Waals surface area (Å²) in [6.07, 6.45) is 17.0. The van der Waals surface area contributed by atoms with Crippen LogP contribution in [0.5, 0.6) is 0 Å². The Hall–Kier alpha value is -3.48. The van der Waals surface area contributed by atoms with Crippen molar-refractivity contribution in [2.45, 2.75) is 110 Å². The van der Waals surface area contributed by atoms with Crippen LogP contribution in [-0.2, 0) is 9.59 Å². The molecule has 7 nitrogen and oxygen atoms in total. The van der Waals surface area contributed by atoms with Crippen molar-refractivity contribution in [3.05, 3.63) is 80.9 Å². The highest BCUT2D eigenvalue weighted by Crippen LogP contribution is 2.40. The van der Waals surface area contributed by atoms with Crippen molar-refractivity contribution in [1.29, 1.82) is 0 Å². The second kappa shape index (κ2) is 16.7. The molecule has 0 aromatic heterocycles. The van der Waals surface area contributed by atoms with Gasteiger partial charge < -0.3 is 10.0 Å². The van der Waals surface area contributed by atoms with Gasteiger partial charge in [-0.3, -0.25) is 19.7 Å². The van der Waals surface area contributed by atoms with Gasteiger partial charge in [0.1, 0.15) is 5.76 Å². The number of aliphatic hydroxyl groups is 1. The first kappa shape index (κ1) is 32.0. The van der Waals surface area contributed by atoms with Crippen LogP contribution in [0.25, 0.3) is 5.76 Å². The zero-order valence-corrected chi connectivity index (χ0v) is 24.8. The van der Waals surface area contributed by atoms with Crippen LogP contribution in [-0.4, -0.2) is 33.2 Å². The maximum atomic E-state index is 13.2. The number of nitro groups is 1. The first-order chi connectivity index (χ1) is 19.8. The summed E-state index contributed by atoms with van der Waals surface area (Å²) in [5, 5.41) is 22.6. The number of benzene rings is 2. The molecule has 2 aromatic rings. The van der Waals surface area contributed by atoms with E-state index in [1.54, 1.807) is 24.3 Å². The summed E-state index contributed by atoms with van der Waals surface area (Å²) in [5.41, 5.74) is 1.72. The van der Waals surface area contributed by atoms with E-state index in [-0.39, 0.29) is 17.0 Å². The standard InChI is InChI=1S/C34H46N2O5/c1-3-4-5-6-7-8-9-10-11-12-13-14-15-16-24-35-31(28-18-17-19-29(25-28)36(40)41)30(33(38)34(35)39)32(37)27-22-20-26(2)21-23-27/h17-23,25,31,37H,3-16,24H2,1-2H3/b32-30+/t31-/m0/s1. The number of aliphatic hydroxyl groups excluding tert-OH is 1. The molecule has 7 heteroatoms. The SMILES string of the molecule is CCCCCCCCCCCCCCCCN1C(=O)C(=O)/C(=C(/O)c2ccc(C)cc2)[C@@H]1c1cccc([N+](=O)[O-])c1. The number of carbonyl (C=O) groups is 2. The van der Waals surface area contributed by atoms with Crippen molar-refractivity contribution in [3.63, 3.8) is 0 Å². The molecule has 1 heterocycles. The van der Waals surface area contributed by atoms with Gasteiger partial charge in [0.25, 0.3) is 17.4 Å². The quantitative estimate of drug-likeness (QED) is 0.0488. The molecular weight excluding hydrogens is 516 g/mol. The molecule has 1 amide bonds. The van der Waals surface area contributed by atoms with E-state index in [2.05, 4.69) is 6.92 Å². The molecule has 1 fully saturated rings. The smallest absolute Gasteiger partial charge is 0.295 e. The topological polar surface area (TPSA) is 101 Å². The van der Waals surface area contributed by atoms with E-state index in [0.717, 1.165) is 31.2 Å². The number of likely N-dealkylation sites (tertiary alicyclic amines) is 1. The second-order valence-corrected chi connectivity index (χ2v) is 11.3. The number of Topliss-reactive ketones (excluding diaryl/α,β-unsaturated/α-hetero) is 1. The van der Waals surface area contributed by atoms with Crippen molar-refractivity contribution >= 4 is 23.1 Å². The molecule has 1 N–H and O–H groups in total. The number of amides is 1. The molecule has 3 rings (SSSR count). The molecule has 1 aliphatic heterocycles. The minimum Gasteiger partial charge on any atom is -0.507 e. The Morgan fingerprint density at radius 1 is 0.829 bits per heavy atom. The molecular formula is C34H46N2O5. The first-order valence-corrected chi connectivity index (χ1v) is 15.4. The van der Waals surface area contributed by atoms with Crippen LogP contribution in [0, 0.1) is 17.0 Å². The van der Waals surface area contributed by atoms with E-state index in [0.29, 0.717) is 17.7 Å². The number of non-ortho nitro benzene ring substituents is 1. The zero-order chi connectivity index (χ0) is 29.6. The van der Waals surface area contributed by atoms with Crippen molar-refractivity contribution in [2.75, 3.05) is 6.54 Å². The molecule has 1 saturated heterocycles. The third-order valence-corrected chi connectivity index (χ3v) is 8.01. The van der Waals surface area contributed by atoms with Gasteiger partial charge in [-0.05, 0) is 18.9 Å². The van der Waals surface area contributed by atoms with Crippen LogP contribution in [0.3, 0.4) is 0 Å². The lowest BCUT2D eigenvalue weighted by Crippen LogP contribution is -2.30. The Morgan fingerprint density at radius 3 is 1.90 bits per heavy atom. The molecule has 41 heavy (non-hydrogen) atoms. The van der Waals surface area contributed by atoms with Crippen molar-refractivity contribution in [1.82, 2.24) is 4.90 Å². The maximum Gasteiger partial charge on any atom is 0.295 e. The third-order valence-electron chi connectivity index (χ3n) is 8.01. The molecule has 0 spiro atoms. The van der Waals surface area contributed by atoms with Gasteiger partial charge in [0.2, 0.25) is 0 Å². The number of carbonyl (C=O) groups excluding carboxylic acids is 2. The van der Waals surface area contributed by atoms with Crippen LogP contribution < -0.4 is 0 Å². The lowest BCUT2D eigenvalue weighted by molar-refractivity contribution is -0.384. The molecule has 0 bridgehead atoms. The molecule has 222 valence electrons. The minimum atomic E-state index is -0.877. The molecule has 1 atom stereocenters. The van der Waals surface area contributed by atoms with E-state index in [9.17, 15) is 24.8 Å². The lowest BCUT2D eigenvalue weighted by atomic mass is 9.94. The van der Waals surface area contributed by atoms with E-state index in [1.165, 1.54) is 81.2 Å². The highest BCUT2D eigenvalue weighted by atomic mass is 16.6. The van der Waals surface area contributed by atoms with Gasteiger partial charge in [0, 0.05) is 24.2 Å². The van der Waals surface area contributed by atoms with Gasteiger partial charge in [0.05, 0.1) is 16.5 Å². The second-order valence-electron chi connectivity index (χ2n) is 11.3. The van der Waals surface area contributed by atoms with E-state index in [4.69, 9.17) is 0 Å². The van der Waals surface area contributed by atoms with Gasteiger partial charge >= 0.3 is 0 Å². The Bertz CT molecular complexity index is 1190. The van der Waals surface area contributed by atoms with Crippen LogP contribution in [0.4, 0.5) is 5.69 Å². The van der Waals surface area contributed by atoms with Gasteiger partial charge in [-0.1, -0.05) is 132 Å². The average molecular weight is 563 g/mol. The predicted molar refractivity (Wildman–Crippen MR) is 164 cm³/mol. The first-order valence-electron chi connectivity index (χ1n) is 15.4. The summed E-state index contributed by atoms with van der Waals surface area (Å²) in [5.74, 6) is -1.70. The van der Waals surface area contributed by atoms with Crippen LogP contribution in [0.1, 0.15) is 120 Å². The molecule has 0 saturated carbocycles. The normalized spacial score (nSPS) is 16.4. The van der Waals surface area contributed by atoms with E-state index >= 15 is 0 Å². The lowest BCUT2D eigenvalue weighted by Gasteiger charge is -2.25. The van der Waals surface area contributed by atoms with Crippen molar-refractivity contribution in [3.8, 4) is 0 Å². The molecule has 0 aliphatic carbocycles. The number of rotatable bonds is 18. The van der Waals surface area contributed by atoms with Crippen molar-refractivity contribution < 1.29 is 19.6 Å². The zero-order valence-electron chi connectivity index (χ0n) is 24.8. The van der Waals surface area contributed by atoms with E-state index in [1.807, 2.05) is 19.1 Å². The van der Waals surface area contributed by atoms with Crippen LogP contribution >= 0.6 is 0 Å². The van der Waals surface area contributed by atoms with Gasteiger partial charge in [-0.25, -0.2) is 0 Å². The monoisotopic (exact) mass is 562 g/mol. The predicted octanol–water partition coefficient (Wildman–Crippen LogP) is 8.81. The fourth-order valence-electron chi connectivity index (χ4n) is 5.61. The number of hydrogen-bond acceptors (Lipinski definition) is 5. The molecule has 2 aromatic carbocycles. The summed E-state index contributed by atoms with van der Waals surface area (Å²) in [6, 6.07) is 12.2. The minimum absolute atomic E-state index is 0.0234. The summed E-state index contributed by atoms with van der Waals surface area (Å²) in [4.78, 5) is 38.8. The number of nitro benzene ring substituents is 1. The summed E-state index contributed by atoms with van der Waals surface area (Å²) in [7, 11) is 0. The largest absolute Gasteiger partial charge is 0.507 e. The Morgan fingerprint density at radius 2 is 1.37 bits per heavy atom. The molecule has 1 aliphatic rings. The highest BCUT2D eigenvalue weighted by molar-refractivity contribution is 6.46. The average Bonchev–Trinajstić information content (AvgIpc) is 3.22. The Labute approximate surface area is 244 Å². The van der Waals surface area contributed by atoms with Gasteiger partial charge in [-0.15, -0.1) is 0 Å². The number of unbranched alkanes of at least 4 members (excludes halogenated alkanes) is 13. The maximum absolute atomic E-state index is 13.2. The fraction of sp³-hybridized carbons (Fsp3) is 0.529. The van der Waals surface area contributed by atoms with Crippen LogP contribution in [0.2, 0.25) is 0 Å². The Kier molecular flexibility index (Phi) is 13.1. The number of aryl methyl sites for hydroxylation is 1. The number of nitrogens with zero attached hydrogens (tertiary/aromatic N) is 2. The van der Waals surface area contributed by atoms with Crippen LogP contribution in [0.15, 0.2) is 54.1 Å². The van der Waals surface area contributed by atoms with Gasteiger partial charge in [0.15, 0.2) is 0 Å². The third kappa shape index (κ3) is 9.27. The number of hydrogen-bond donors (Lipinski definition) is 1. The molecule has 0 unspecified atom stereocenters.